The first-order valence-corrected chi connectivity index (χ1v) is 8.66. The van der Waals surface area contributed by atoms with Crippen molar-refractivity contribution in [2.45, 2.75) is 32.7 Å². The monoisotopic (exact) mass is 314 g/mol. The number of carbonyl (C=O) groups excluding carboxylic acids is 1. The second kappa shape index (κ2) is 6.63. The highest BCUT2D eigenvalue weighted by Gasteiger charge is 2.28. The van der Waals surface area contributed by atoms with Gasteiger partial charge in [-0.2, -0.15) is 0 Å². The van der Waals surface area contributed by atoms with Gasteiger partial charge in [-0.3, -0.25) is 9.69 Å². The number of benzene rings is 1. The Hall–Kier alpha value is -1.65. The molecule has 0 bridgehead atoms. The normalized spacial score (nSPS) is 18.5. The van der Waals surface area contributed by atoms with Gasteiger partial charge in [0.25, 0.3) is 0 Å². The summed E-state index contributed by atoms with van der Waals surface area (Å²) in [7, 11) is 0. The molecule has 3 rings (SSSR count). The van der Waals surface area contributed by atoms with E-state index in [9.17, 15) is 4.79 Å². The third-order valence-electron chi connectivity index (χ3n) is 4.25. The van der Waals surface area contributed by atoms with Gasteiger partial charge in [-0.05, 0) is 61.9 Å². The van der Waals surface area contributed by atoms with Crippen LogP contribution < -0.4 is 5.32 Å². The van der Waals surface area contributed by atoms with Crippen molar-refractivity contribution in [3.05, 3.63) is 51.7 Å². The Morgan fingerprint density at radius 3 is 3.00 bits per heavy atom. The quantitative estimate of drug-likeness (QED) is 0.920. The maximum absolute atomic E-state index is 12.4. The van der Waals surface area contributed by atoms with Gasteiger partial charge >= 0.3 is 0 Å². The number of thiophene rings is 1. The average molecular weight is 314 g/mol. The maximum atomic E-state index is 12.4. The topological polar surface area (TPSA) is 32.3 Å². The summed E-state index contributed by atoms with van der Waals surface area (Å²) < 4.78 is 0. The lowest BCUT2D eigenvalue weighted by atomic mass is 10.1. The van der Waals surface area contributed by atoms with Crippen LogP contribution >= 0.6 is 11.3 Å². The van der Waals surface area contributed by atoms with Gasteiger partial charge in [0, 0.05) is 16.6 Å². The molecule has 1 aromatic heterocycles. The molecule has 1 aliphatic heterocycles. The third kappa shape index (κ3) is 3.39. The molecule has 4 heteroatoms. The standard InChI is InChI=1S/C18H22N2OS/c1-13-7-8-14(2)15(11-13)19-18(21)12-20-9-3-5-16(20)17-6-4-10-22-17/h4,6-8,10-11,16H,3,5,9,12H2,1-2H3,(H,19,21)/t16-/m0/s1. The molecule has 1 aromatic carbocycles. The van der Waals surface area contributed by atoms with E-state index in [1.807, 2.05) is 19.9 Å². The molecule has 0 spiro atoms. The number of carbonyl (C=O) groups is 1. The Morgan fingerprint density at radius 2 is 2.23 bits per heavy atom. The van der Waals surface area contributed by atoms with E-state index in [0.29, 0.717) is 12.6 Å². The van der Waals surface area contributed by atoms with Crippen LogP contribution in [-0.2, 0) is 4.79 Å². The summed E-state index contributed by atoms with van der Waals surface area (Å²) in [6.07, 6.45) is 2.32. The van der Waals surface area contributed by atoms with E-state index >= 15 is 0 Å². The van der Waals surface area contributed by atoms with E-state index in [0.717, 1.165) is 24.2 Å². The molecule has 2 heterocycles. The van der Waals surface area contributed by atoms with E-state index < -0.39 is 0 Å². The van der Waals surface area contributed by atoms with Crippen molar-refractivity contribution < 1.29 is 4.79 Å². The summed E-state index contributed by atoms with van der Waals surface area (Å²) in [6.45, 7) is 5.54. The first-order chi connectivity index (χ1) is 10.6. The van der Waals surface area contributed by atoms with Crippen molar-refractivity contribution >= 4 is 22.9 Å². The number of nitrogens with zero attached hydrogens (tertiary/aromatic N) is 1. The number of amides is 1. The lowest BCUT2D eigenvalue weighted by Gasteiger charge is -2.23. The summed E-state index contributed by atoms with van der Waals surface area (Å²) in [5, 5.41) is 5.18. The molecule has 1 aliphatic rings. The predicted molar refractivity (Wildman–Crippen MR) is 92.4 cm³/mol. The molecule has 0 aliphatic carbocycles. The van der Waals surface area contributed by atoms with Gasteiger partial charge in [-0.25, -0.2) is 0 Å². The summed E-state index contributed by atoms with van der Waals surface area (Å²) in [5.74, 6) is 0.0807. The summed E-state index contributed by atoms with van der Waals surface area (Å²) in [4.78, 5) is 16.1. The Bertz CT molecular complexity index is 651. The van der Waals surface area contributed by atoms with Gasteiger partial charge in [-0.15, -0.1) is 11.3 Å². The highest BCUT2D eigenvalue weighted by atomic mass is 32.1. The molecular weight excluding hydrogens is 292 g/mol. The summed E-state index contributed by atoms with van der Waals surface area (Å²) in [5.41, 5.74) is 3.20. The minimum absolute atomic E-state index is 0.0807. The van der Waals surface area contributed by atoms with E-state index in [1.165, 1.54) is 16.9 Å². The number of likely N-dealkylation sites (tertiary alicyclic amines) is 1. The molecule has 0 radical (unpaired) electrons. The van der Waals surface area contributed by atoms with Crippen molar-refractivity contribution in [1.29, 1.82) is 0 Å². The molecule has 1 amide bonds. The number of hydrogen-bond donors (Lipinski definition) is 1. The van der Waals surface area contributed by atoms with Gasteiger partial charge in [-0.1, -0.05) is 18.2 Å². The Labute approximate surface area is 136 Å². The lowest BCUT2D eigenvalue weighted by molar-refractivity contribution is -0.117. The first-order valence-electron chi connectivity index (χ1n) is 7.78. The van der Waals surface area contributed by atoms with Crippen LogP contribution in [-0.4, -0.2) is 23.9 Å². The fraction of sp³-hybridized carbons (Fsp3) is 0.389. The minimum atomic E-state index is 0.0807. The minimum Gasteiger partial charge on any atom is -0.325 e. The van der Waals surface area contributed by atoms with Crippen LogP contribution in [0.1, 0.15) is 34.9 Å². The zero-order valence-corrected chi connectivity index (χ0v) is 14.0. The molecule has 116 valence electrons. The molecule has 0 unspecified atom stereocenters. The van der Waals surface area contributed by atoms with Crippen molar-refractivity contribution in [2.75, 3.05) is 18.4 Å². The van der Waals surface area contributed by atoms with Gasteiger partial charge in [0.2, 0.25) is 5.91 Å². The van der Waals surface area contributed by atoms with Crippen LogP contribution in [0.25, 0.3) is 0 Å². The number of aryl methyl sites for hydroxylation is 2. The largest absolute Gasteiger partial charge is 0.325 e. The van der Waals surface area contributed by atoms with Crippen LogP contribution in [0.5, 0.6) is 0 Å². The van der Waals surface area contributed by atoms with Gasteiger partial charge in [0.05, 0.1) is 6.54 Å². The van der Waals surface area contributed by atoms with Crippen molar-refractivity contribution in [3.8, 4) is 0 Å². The highest BCUT2D eigenvalue weighted by Crippen LogP contribution is 2.34. The van der Waals surface area contributed by atoms with E-state index in [4.69, 9.17) is 0 Å². The molecule has 1 N–H and O–H groups in total. The zero-order valence-electron chi connectivity index (χ0n) is 13.1. The molecule has 1 saturated heterocycles. The summed E-state index contributed by atoms with van der Waals surface area (Å²) in [6, 6.07) is 10.8. The molecule has 1 fully saturated rings. The fourth-order valence-electron chi connectivity index (χ4n) is 3.06. The summed E-state index contributed by atoms with van der Waals surface area (Å²) >= 11 is 1.79. The van der Waals surface area contributed by atoms with Crippen LogP contribution in [0.15, 0.2) is 35.7 Å². The second-order valence-electron chi connectivity index (χ2n) is 6.01. The molecule has 0 saturated carbocycles. The molecule has 3 nitrogen and oxygen atoms in total. The smallest absolute Gasteiger partial charge is 0.238 e. The Balaban J connectivity index is 1.65. The zero-order chi connectivity index (χ0) is 15.5. The van der Waals surface area contributed by atoms with Crippen molar-refractivity contribution in [2.24, 2.45) is 0 Å². The first kappa shape index (κ1) is 15.3. The van der Waals surface area contributed by atoms with Crippen LogP contribution in [0.2, 0.25) is 0 Å². The third-order valence-corrected chi connectivity index (χ3v) is 5.22. The highest BCUT2D eigenvalue weighted by molar-refractivity contribution is 7.10. The molecular formula is C18H22N2OS. The van der Waals surface area contributed by atoms with Gasteiger partial charge in [0.1, 0.15) is 0 Å². The van der Waals surface area contributed by atoms with Crippen molar-refractivity contribution in [1.82, 2.24) is 4.90 Å². The molecule has 1 atom stereocenters. The number of nitrogens with one attached hydrogen (secondary N) is 1. The predicted octanol–water partition coefficient (Wildman–Crippen LogP) is 4.14. The van der Waals surface area contributed by atoms with E-state index in [-0.39, 0.29) is 5.91 Å². The van der Waals surface area contributed by atoms with Crippen LogP contribution in [0, 0.1) is 13.8 Å². The SMILES string of the molecule is Cc1ccc(C)c(NC(=O)CN2CCC[C@H]2c2cccs2)c1. The van der Waals surface area contributed by atoms with Gasteiger partial charge < -0.3 is 5.32 Å². The second-order valence-corrected chi connectivity index (χ2v) is 6.99. The Kier molecular flexibility index (Phi) is 4.60. The van der Waals surface area contributed by atoms with E-state index in [1.54, 1.807) is 11.3 Å². The van der Waals surface area contributed by atoms with Crippen molar-refractivity contribution in [3.63, 3.8) is 0 Å². The molecule has 22 heavy (non-hydrogen) atoms. The van der Waals surface area contributed by atoms with E-state index in [2.05, 4.69) is 39.9 Å². The number of anilines is 1. The van der Waals surface area contributed by atoms with Crippen LogP contribution in [0.4, 0.5) is 5.69 Å². The maximum Gasteiger partial charge on any atom is 0.238 e. The molecule has 2 aromatic rings. The number of hydrogen-bond acceptors (Lipinski definition) is 3. The van der Waals surface area contributed by atoms with Gasteiger partial charge in [0.15, 0.2) is 0 Å². The fourth-order valence-corrected chi connectivity index (χ4v) is 3.96. The van der Waals surface area contributed by atoms with Crippen LogP contribution in [0.3, 0.4) is 0 Å². The average Bonchev–Trinajstić information content (AvgIpc) is 3.13. The Morgan fingerprint density at radius 1 is 1.36 bits per heavy atom. The number of rotatable bonds is 4. The lowest BCUT2D eigenvalue weighted by Crippen LogP contribution is -2.32.